The van der Waals surface area contributed by atoms with E-state index in [1.54, 1.807) is 25.5 Å². The van der Waals surface area contributed by atoms with Crippen molar-refractivity contribution in [3.05, 3.63) is 40.6 Å². The van der Waals surface area contributed by atoms with E-state index in [9.17, 15) is 4.79 Å². The van der Waals surface area contributed by atoms with E-state index in [2.05, 4.69) is 45.7 Å². The van der Waals surface area contributed by atoms with Crippen LogP contribution in [0.5, 0.6) is 5.75 Å². The Bertz CT molecular complexity index is 832. The van der Waals surface area contributed by atoms with Crippen LogP contribution in [-0.2, 0) is 16.1 Å². The van der Waals surface area contributed by atoms with Gasteiger partial charge in [0.05, 0.1) is 26.7 Å². The Morgan fingerprint density at radius 3 is 2.64 bits per heavy atom. The second-order valence-corrected chi connectivity index (χ2v) is 7.94. The summed E-state index contributed by atoms with van der Waals surface area (Å²) in [4.78, 5) is 19.7. The van der Waals surface area contributed by atoms with E-state index in [-0.39, 0.29) is 17.8 Å². The molecule has 2 unspecified atom stereocenters. The average Bonchev–Trinajstić information content (AvgIpc) is 3.35. The summed E-state index contributed by atoms with van der Waals surface area (Å²) < 4.78 is 10.1. The Kier molecular flexibility index (Phi) is 6.57. The van der Waals surface area contributed by atoms with Gasteiger partial charge in [-0.25, -0.2) is 0 Å². The molecule has 3 rings (SSSR count). The first-order valence-electron chi connectivity index (χ1n) is 9.31. The van der Waals surface area contributed by atoms with Crippen molar-refractivity contribution in [2.24, 2.45) is 16.8 Å². The van der Waals surface area contributed by atoms with E-state index < -0.39 is 0 Å². The summed E-state index contributed by atoms with van der Waals surface area (Å²) >= 11 is 1.72. The molecule has 1 N–H and O–H groups in total. The number of hydrogen-bond donors (Lipinski definition) is 1. The average molecular weight is 402 g/mol. The van der Waals surface area contributed by atoms with Gasteiger partial charge >= 0.3 is 5.97 Å². The van der Waals surface area contributed by atoms with Gasteiger partial charge in [0.2, 0.25) is 0 Å². The SMILES string of the molecule is CN=C(NCc1cc(-c2ccc(OC)cc2)cs1)N1CC(C)C(C(=O)OC)C1. The van der Waals surface area contributed by atoms with Gasteiger partial charge in [0.25, 0.3) is 0 Å². The Morgan fingerprint density at radius 2 is 2.00 bits per heavy atom. The summed E-state index contributed by atoms with van der Waals surface area (Å²) in [5.74, 6) is 1.67. The molecular weight excluding hydrogens is 374 g/mol. The number of aliphatic imine (C=N–C) groups is 1. The van der Waals surface area contributed by atoms with Gasteiger partial charge in [0.1, 0.15) is 5.75 Å². The largest absolute Gasteiger partial charge is 0.497 e. The lowest BCUT2D eigenvalue weighted by atomic mass is 9.99. The number of carbonyl (C=O) groups excluding carboxylic acids is 1. The molecule has 0 spiro atoms. The quantitative estimate of drug-likeness (QED) is 0.473. The number of carbonyl (C=O) groups is 1. The van der Waals surface area contributed by atoms with E-state index >= 15 is 0 Å². The number of guanidine groups is 1. The van der Waals surface area contributed by atoms with Crippen molar-refractivity contribution in [2.45, 2.75) is 13.5 Å². The number of benzene rings is 1. The number of esters is 1. The van der Waals surface area contributed by atoms with E-state index in [1.165, 1.54) is 23.1 Å². The Labute approximate surface area is 170 Å². The van der Waals surface area contributed by atoms with Crippen LogP contribution in [0.4, 0.5) is 0 Å². The van der Waals surface area contributed by atoms with Gasteiger partial charge in [-0.3, -0.25) is 9.79 Å². The van der Waals surface area contributed by atoms with Crippen LogP contribution in [0.25, 0.3) is 11.1 Å². The number of nitrogens with zero attached hydrogens (tertiary/aromatic N) is 2. The number of nitrogens with one attached hydrogen (secondary N) is 1. The predicted octanol–water partition coefficient (Wildman–Crippen LogP) is 3.24. The highest BCUT2D eigenvalue weighted by molar-refractivity contribution is 7.10. The van der Waals surface area contributed by atoms with Crippen molar-refractivity contribution < 1.29 is 14.3 Å². The van der Waals surface area contributed by atoms with Crippen LogP contribution in [0, 0.1) is 11.8 Å². The molecule has 7 heteroatoms. The second-order valence-electron chi connectivity index (χ2n) is 6.94. The fourth-order valence-electron chi connectivity index (χ4n) is 3.50. The third kappa shape index (κ3) is 4.47. The van der Waals surface area contributed by atoms with Crippen LogP contribution < -0.4 is 10.1 Å². The van der Waals surface area contributed by atoms with Gasteiger partial charge in [-0.05, 0) is 40.6 Å². The molecule has 0 aliphatic carbocycles. The third-order valence-electron chi connectivity index (χ3n) is 5.13. The van der Waals surface area contributed by atoms with Crippen molar-refractivity contribution in [2.75, 3.05) is 34.4 Å². The Balaban J connectivity index is 1.60. The molecule has 2 aromatic rings. The highest BCUT2D eigenvalue weighted by Gasteiger charge is 2.36. The molecular formula is C21H27N3O3S. The molecule has 1 fully saturated rings. The van der Waals surface area contributed by atoms with Gasteiger partial charge in [-0.15, -0.1) is 11.3 Å². The normalized spacial score (nSPS) is 19.6. The fourth-order valence-corrected chi connectivity index (χ4v) is 4.34. The van der Waals surface area contributed by atoms with Crippen LogP contribution in [0.3, 0.4) is 0 Å². The molecule has 1 aromatic heterocycles. The number of ether oxygens (including phenoxy) is 2. The highest BCUT2D eigenvalue weighted by atomic mass is 32.1. The molecule has 150 valence electrons. The molecule has 0 saturated carbocycles. The zero-order valence-corrected chi connectivity index (χ0v) is 17.6. The molecule has 6 nitrogen and oxygen atoms in total. The summed E-state index contributed by atoms with van der Waals surface area (Å²) in [6, 6.07) is 10.3. The number of thiophene rings is 1. The topological polar surface area (TPSA) is 63.2 Å². The molecule has 2 atom stereocenters. The minimum Gasteiger partial charge on any atom is -0.497 e. The van der Waals surface area contributed by atoms with E-state index in [0.29, 0.717) is 13.1 Å². The fraction of sp³-hybridized carbons (Fsp3) is 0.429. The highest BCUT2D eigenvalue weighted by Crippen LogP contribution is 2.28. The van der Waals surface area contributed by atoms with Gasteiger partial charge in [-0.2, -0.15) is 0 Å². The van der Waals surface area contributed by atoms with Crippen LogP contribution >= 0.6 is 11.3 Å². The molecule has 1 aliphatic heterocycles. The molecule has 1 aromatic carbocycles. The first-order valence-corrected chi connectivity index (χ1v) is 10.2. The molecule has 1 aliphatic rings. The van der Waals surface area contributed by atoms with E-state index in [1.807, 2.05) is 12.1 Å². The van der Waals surface area contributed by atoms with E-state index in [4.69, 9.17) is 9.47 Å². The Morgan fingerprint density at radius 1 is 1.25 bits per heavy atom. The lowest BCUT2D eigenvalue weighted by Gasteiger charge is -2.21. The zero-order chi connectivity index (χ0) is 20.1. The third-order valence-corrected chi connectivity index (χ3v) is 6.06. The molecule has 0 bridgehead atoms. The maximum absolute atomic E-state index is 11.9. The van der Waals surface area contributed by atoms with Crippen molar-refractivity contribution in [1.82, 2.24) is 10.2 Å². The van der Waals surface area contributed by atoms with Gasteiger partial charge in [0.15, 0.2) is 5.96 Å². The number of hydrogen-bond acceptors (Lipinski definition) is 5. The van der Waals surface area contributed by atoms with E-state index in [0.717, 1.165) is 18.3 Å². The van der Waals surface area contributed by atoms with Gasteiger partial charge in [-0.1, -0.05) is 19.1 Å². The summed E-state index contributed by atoms with van der Waals surface area (Å²) in [6.07, 6.45) is 0. The molecule has 1 saturated heterocycles. The van der Waals surface area contributed by atoms with Gasteiger partial charge < -0.3 is 19.7 Å². The van der Waals surface area contributed by atoms with Crippen molar-refractivity contribution in [3.63, 3.8) is 0 Å². The molecule has 2 heterocycles. The summed E-state index contributed by atoms with van der Waals surface area (Å²) in [6.45, 7) is 4.20. The minimum atomic E-state index is -0.146. The zero-order valence-electron chi connectivity index (χ0n) is 16.8. The number of methoxy groups -OCH3 is 2. The van der Waals surface area contributed by atoms with Gasteiger partial charge in [0, 0.05) is 25.0 Å². The van der Waals surface area contributed by atoms with Crippen molar-refractivity contribution in [1.29, 1.82) is 0 Å². The molecule has 28 heavy (non-hydrogen) atoms. The van der Waals surface area contributed by atoms with Crippen LogP contribution in [0.15, 0.2) is 40.7 Å². The van der Waals surface area contributed by atoms with Crippen molar-refractivity contribution >= 4 is 23.3 Å². The van der Waals surface area contributed by atoms with Crippen LogP contribution in [0.1, 0.15) is 11.8 Å². The maximum atomic E-state index is 11.9. The van der Waals surface area contributed by atoms with Crippen LogP contribution in [-0.4, -0.2) is 51.2 Å². The summed E-state index contributed by atoms with van der Waals surface area (Å²) in [5.41, 5.74) is 2.36. The smallest absolute Gasteiger partial charge is 0.310 e. The minimum absolute atomic E-state index is 0.105. The summed E-state index contributed by atoms with van der Waals surface area (Å²) in [5, 5.41) is 5.58. The lowest BCUT2D eigenvalue weighted by molar-refractivity contribution is -0.145. The lowest BCUT2D eigenvalue weighted by Crippen LogP contribution is -2.40. The molecule has 0 amide bonds. The monoisotopic (exact) mass is 401 g/mol. The first kappa shape index (κ1) is 20.2. The van der Waals surface area contributed by atoms with Crippen LogP contribution in [0.2, 0.25) is 0 Å². The number of likely N-dealkylation sites (tertiary alicyclic amines) is 1. The predicted molar refractivity (Wildman–Crippen MR) is 113 cm³/mol. The Hall–Kier alpha value is -2.54. The second kappa shape index (κ2) is 9.10. The standard InChI is InChI=1S/C21H27N3O3S/c1-14-11-24(12-19(14)20(25)27-4)21(22-2)23-10-18-9-16(13-28-18)15-5-7-17(26-3)8-6-15/h5-9,13-14,19H,10-12H2,1-4H3,(H,22,23). The molecule has 0 radical (unpaired) electrons. The summed E-state index contributed by atoms with van der Waals surface area (Å²) in [7, 11) is 4.89. The maximum Gasteiger partial charge on any atom is 0.310 e. The first-order chi connectivity index (χ1) is 13.5. The van der Waals surface area contributed by atoms with Crippen molar-refractivity contribution in [3.8, 4) is 16.9 Å². The number of rotatable bonds is 5.